The fraction of sp³-hybridized carbons (Fsp3) is 0.300. The molecule has 4 amide bonds. The van der Waals surface area contributed by atoms with Crippen molar-refractivity contribution in [2.75, 3.05) is 4.90 Å². The monoisotopic (exact) mass is 720 g/mol. The molecule has 0 fully saturated rings. The van der Waals surface area contributed by atoms with Gasteiger partial charge in [0.25, 0.3) is 23.6 Å². The van der Waals surface area contributed by atoms with Gasteiger partial charge in [-0.15, -0.1) is 0 Å². The second-order valence-electron chi connectivity index (χ2n) is 15.1. The van der Waals surface area contributed by atoms with Crippen molar-refractivity contribution in [3.05, 3.63) is 135 Å². The number of hydrogen-bond donors (Lipinski definition) is 0. The molecule has 4 aromatic carbocycles. The molecule has 0 radical (unpaired) electrons. The minimum atomic E-state index is -6.06. The molecule has 2 aliphatic heterocycles. The molecule has 0 N–H and O–H groups in total. The van der Waals surface area contributed by atoms with Crippen LogP contribution in [0.2, 0.25) is 0 Å². The van der Waals surface area contributed by atoms with Crippen molar-refractivity contribution >= 4 is 29.3 Å². The van der Waals surface area contributed by atoms with Crippen LogP contribution < -0.4 is 4.90 Å². The summed E-state index contributed by atoms with van der Waals surface area (Å²) in [6, 6.07) is 17.9. The van der Waals surface area contributed by atoms with Gasteiger partial charge in [0.1, 0.15) is 0 Å². The van der Waals surface area contributed by atoms with Gasteiger partial charge in [-0.2, -0.15) is 26.3 Å². The average molecular weight is 721 g/mol. The summed E-state index contributed by atoms with van der Waals surface area (Å²) in [6.07, 6.45) is -11.6. The normalized spacial score (nSPS) is 15.5. The van der Waals surface area contributed by atoms with E-state index in [1.165, 1.54) is 32.9 Å². The summed E-state index contributed by atoms with van der Waals surface area (Å²) in [6.45, 7) is 10.8. The number of imide groups is 2. The summed E-state index contributed by atoms with van der Waals surface area (Å²) in [5, 5.41) is 0. The van der Waals surface area contributed by atoms with Gasteiger partial charge in [0.15, 0.2) is 0 Å². The SMILES string of the molecule is CC(C)(C)c1ccc(Cc2ccc(N3C(=O)c4ccc(C(c5ccc6c(c5)C(=O)N(C(C)(C)C)C6=O)(C(F)(F)F)C(F)(F)F)cc4C3=O)cc2)cc1. The lowest BCUT2D eigenvalue weighted by molar-refractivity contribution is -0.288. The second-order valence-corrected chi connectivity index (χ2v) is 15.1. The molecule has 12 heteroatoms. The number of hydrogen-bond acceptors (Lipinski definition) is 4. The molecular formula is C40H34F6N2O4. The summed E-state index contributed by atoms with van der Waals surface area (Å²) in [5.74, 6) is -3.90. The zero-order valence-corrected chi connectivity index (χ0v) is 29.1. The predicted octanol–water partition coefficient (Wildman–Crippen LogP) is 9.18. The number of amides is 4. The van der Waals surface area contributed by atoms with Crippen LogP contribution in [0.3, 0.4) is 0 Å². The van der Waals surface area contributed by atoms with E-state index in [1.807, 2.05) is 24.3 Å². The molecule has 6 nitrogen and oxygen atoms in total. The van der Waals surface area contributed by atoms with E-state index in [4.69, 9.17) is 0 Å². The van der Waals surface area contributed by atoms with Crippen LogP contribution in [0, 0.1) is 0 Å². The largest absolute Gasteiger partial charge is 0.411 e. The molecule has 0 atom stereocenters. The van der Waals surface area contributed by atoms with Crippen LogP contribution in [-0.4, -0.2) is 46.4 Å². The van der Waals surface area contributed by atoms with Gasteiger partial charge in [0, 0.05) is 5.54 Å². The van der Waals surface area contributed by atoms with Gasteiger partial charge in [-0.3, -0.25) is 24.1 Å². The van der Waals surface area contributed by atoms with Crippen LogP contribution in [-0.2, 0) is 17.3 Å². The molecule has 2 heterocycles. The van der Waals surface area contributed by atoms with E-state index in [0.29, 0.717) is 35.6 Å². The van der Waals surface area contributed by atoms with Crippen molar-refractivity contribution in [3.63, 3.8) is 0 Å². The number of halogens is 6. The fourth-order valence-electron chi connectivity index (χ4n) is 6.90. The predicted molar refractivity (Wildman–Crippen MR) is 182 cm³/mol. The lowest BCUT2D eigenvalue weighted by Crippen LogP contribution is -2.55. The maximum Gasteiger partial charge on any atom is 0.411 e. The first-order valence-corrected chi connectivity index (χ1v) is 16.4. The number of alkyl halides is 6. The number of carbonyl (C=O) groups is 4. The van der Waals surface area contributed by atoms with Gasteiger partial charge in [0.2, 0.25) is 5.41 Å². The Bertz CT molecular complexity index is 2120. The summed E-state index contributed by atoms with van der Waals surface area (Å²) in [5.41, 5.74) is -7.50. The molecule has 0 bridgehead atoms. The topological polar surface area (TPSA) is 74.8 Å². The highest BCUT2D eigenvalue weighted by atomic mass is 19.4. The number of nitrogens with zero attached hydrogens (tertiary/aromatic N) is 2. The summed E-state index contributed by atoms with van der Waals surface area (Å²) in [4.78, 5) is 54.7. The molecule has 6 rings (SSSR count). The second kappa shape index (κ2) is 11.9. The third-order valence-corrected chi connectivity index (χ3v) is 9.58. The highest BCUT2D eigenvalue weighted by molar-refractivity contribution is 6.34. The summed E-state index contributed by atoms with van der Waals surface area (Å²) >= 11 is 0. The van der Waals surface area contributed by atoms with Gasteiger partial charge in [-0.05, 0) is 96.8 Å². The third kappa shape index (κ3) is 5.68. The minimum Gasteiger partial charge on any atom is -0.269 e. The first-order valence-electron chi connectivity index (χ1n) is 16.4. The van der Waals surface area contributed by atoms with Gasteiger partial charge in [-0.25, -0.2) is 4.90 Å². The van der Waals surface area contributed by atoms with Crippen molar-refractivity contribution in [2.24, 2.45) is 0 Å². The van der Waals surface area contributed by atoms with Gasteiger partial charge in [0.05, 0.1) is 27.9 Å². The standard InChI is InChI=1S/C40H34F6N2O4/c1-36(2,3)24-11-7-22(8-12-24)19-23-9-15-27(16-10-23)47-32(49)28-17-13-25(20-30(28)33(47)50)38(39(41,42)43,40(44,45)46)26-14-18-29-31(21-26)35(52)48(34(29)51)37(4,5)6/h7-18,20-21H,19H2,1-6H3. The number of benzene rings is 4. The van der Waals surface area contributed by atoms with Crippen molar-refractivity contribution in [2.45, 2.75) is 76.7 Å². The van der Waals surface area contributed by atoms with Gasteiger partial charge < -0.3 is 0 Å². The van der Waals surface area contributed by atoms with Gasteiger partial charge >= 0.3 is 12.4 Å². The molecule has 52 heavy (non-hydrogen) atoms. The highest BCUT2D eigenvalue weighted by Crippen LogP contribution is 2.57. The molecule has 4 aromatic rings. The van der Waals surface area contributed by atoms with Crippen LogP contribution in [0.4, 0.5) is 32.0 Å². The maximum absolute atomic E-state index is 15.1. The first kappa shape index (κ1) is 36.5. The van der Waals surface area contributed by atoms with E-state index in [-0.39, 0.29) is 22.2 Å². The lowest BCUT2D eigenvalue weighted by atomic mass is 9.71. The number of rotatable bonds is 5. The Balaban J connectivity index is 1.37. The first-order chi connectivity index (χ1) is 24.0. The summed E-state index contributed by atoms with van der Waals surface area (Å²) < 4.78 is 90.7. The molecule has 2 aliphatic rings. The molecule has 0 aliphatic carbocycles. The molecular weight excluding hydrogens is 686 g/mol. The summed E-state index contributed by atoms with van der Waals surface area (Å²) in [7, 11) is 0. The number of anilines is 1. The maximum atomic E-state index is 15.1. The molecule has 0 spiro atoms. The van der Waals surface area contributed by atoms with Crippen molar-refractivity contribution < 1.29 is 45.5 Å². The molecule has 270 valence electrons. The Labute approximate surface area is 296 Å². The Morgan fingerprint density at radius 1 is 0.481 bits per heavy atom. The van der Waals surface area contributed by atoms with E-state index >= 15 is 26.3 Å². The van der Waals surface area contributed by atoms with E-state index in [1.54, 1.807) is 12.1 Å². The third-order valence-electron chi connectivity index (χ3n) is 9.58. The zero-order valence-electron chi connectivity index (χ0n) is 29.1. The van der Waals surface area contributed by atoms with E-state index < -0.39 is 69.2 Å². The van der Waals surface area contributed by atoms with Crippen molar-refractivity contribution in [3.8, 4) is 0 Å². The Morgan fingerprint density at radius 2 is 0.865 bits per heavy atom. The van der Waals surface area contributed by atoms with Crippen LogP contribution >= 0.6 is 0 Å². The Hall–Kier alpha value is -5.26. The van der Waals surface area contributed by atoms with E-state index in [9.17, 15) is 19.2 Å². The quantitative estimate of drug-likeness (QED) is 0.152. The molecule has 0 saturated carbocycles. The average Bonchev–Trinajstić information content (AvgIpc) is 3.43. The smallest absolute Gasteiger partial charge is 0.269 e. The highest BCUT2D eigenvalue weighted by Gasteiger charge is 2.73. The van der Waals surface area contributed by atoms with E-state index in [2.05, 4.69) is 20.8 Å². The lowest BCUT2D eigenvalue weighted by Gasteiger charge is -2.38. The van der Waals surface area contributed by atoms with Crippen molar-refractivity contribution in [1.82, 2.24) is 4.90 Å². The molecule has 0 unspecified atom stereocenters. The van der Waals surface area contributed by atoms with Crippen LogP contribution in [0.1, 0.15) is 111 Å². The number of fused-ring (bicyclic) bond motifs is 2. The number of carbonyl (C=O) groups excluding carboxylic acids is 4. The van der Waals surface area contributed by atoms with Gasteiger partial charge in [-0.1, -0.05) is 69.3 Å². The van der Waals surface area contributed by atoms with Crippen molar-refractivity contribution in [1.29, 1.82) is 0 Å². The Kier molecular flexibility index (Phi) is 8.35. The fourth-order valence-corrected chi connectivity index (χ4v) is 6.90. The Morgan fingerprint density at radius 3 is 1.31 bits per heavy atom. The molecule has 0 aromatic heterocycles. The van der Waals surface area contributed by atoms with Crippen LogP contribution in [0.5, 0.6) is 0 Å². The molecule has 0 saturated heterocycles. The van der Waals surface area contributed by atoms with Crippen LogP contribution in [0.15, 0.2) is 84.9 Å². The minimum absolute atomic E-state index is 0.0213. The van der Waals surface area contributed by atoms with E-state index in [0.717, 1.165) is 33.7 Å². The van der Waals surface area contributed by atoms with Crippen LogP contribution in [0.25, 0.3) is 0 Å². The zero-order chi connectivity index (χ0) is 38.3.